The minimum atomic E-state index is -3.31. The van der Waals surface area contributed by atoms with Crippen molar-refractivity contribution >= 4 is 21.8 Å². The quantitative estimate of drug-likeness (QED) is 0.707. The van der Waals surface area contributed by atoms with Gasteiger partial charge in [-0.2, -0.15) is 0 Å². The van der Waals surface area contributed by atoms with E-state index in [1.165, 1.54) is 11.2 Å². The van der Waals surface area contributed by atoms with E-state index in [2.05, 4.69) is 0 Å². The molecule has 0 unspecified atom stereocenters. The van der Waals surface area contributed by atoms with Gasteiger partial charge in [0, 0.05) is 52.1 Å². The van der Waals surface area contributed by atoms with E-state index in [0.717, 1.165) is 25.9 Å². The lowest BCUT2D eigenvalue weighted by molar-refractivity contribution is -0.141. The van der Waals surface area contributed by atoms with Crippen molar-refractivity contribution in [2.24, 2.45) is 11.3 Å². The molecule has 0 bridgehead atoms. The molecule has 8 heteroatoms. The Morgan fingerprint density at radius 1 is 1.09 bits per heavy atom. The van der Waals surface area contributed by atoms with Crippen LogP contribution >= 0.6 is 0 Å². The lowest BCUT2D eigenvalue weighted by Gasteiger charge is -2.32. The van der Waals surface area contributed by atoms with Crippen molar-refractivity contribution in [1.82, 2.24) is 14.1 Å². The van der Waals surface area contributed by atoms with E-state index in [0.29, 0.717) is 19.6 Å². The van der Waals surface area contributed by atoms with Gasteiger partial charge < -0.3 is 9.80 Å². The second-order valence-corrected chi connectivity index (χ2v) is 9.20. The second-order valence-electron chi connectivity index (χ2n) is 6.94. The molecule has 3 saturated heterocycles. The fourth-order valence-corrected chi connectivity index (χ4v) is 5.39. The summed E-state index contributed by atoms with van der Waals surface area (Å²) in [6.07, 6.45) is 2.00. The number of hydrogen-bond donors (Lipinski definition) is 0. The van der Waals surface area contributed by atoms with Crippen molar-refractivity contribution in [1.29, 1.82) is 0 Å². The first-order valence-electron chi connectivity index (χ1n) is 8.33. The van der Waals surface area contributed by atoms with Gasteiger partial charge in [0.05, 0.1) is 11.2 Å². The fourth-order valence-electron chi connectivity index (χ4n) is 4.19. The molecule has 2 amide bonds. The summed E-state index contributed by atoms with van der Waals surface area (Å²) in [6.45, 7) is 6.01. The number of likely N-dealkylation sites (tertiary alicyclic amines) is 2. The summed E-state index contributed by atoms with van der Waals surface area (Å²) in [6, 6.07) is 0. The van der Waals surface area contributed by atoms with Gasteiger partial charge >= 0.3 is 0 Å². The van der Waals surface area contributed by atoms with Crippen molar-refractivity contribution in [3.05, 3.63) is 0 Å². The third-order valence-electron chi connectivity index (χ3n) is 5.60. The topological polar surface area (TPSA) is 78.0 Å². The molecule has 0 N–H and O–H groups in total. The summed E-state index contributed by atoms with van der Waals surface area (Å²) in [5, 5.41) is 0. The van der Waals surface area contributed by atoms with Gasteiger partial charge in [0.1, 0.15) is 0 Å². The third kappa shape index (κ3) is 2.65. The molecule has 0 aliphatic carbocycles. The highest BCUT2D eigenvalue weighted by Gasteiger charge is 2.60. The average molecular weight is 343 g/mol. The van der Waals surface area contributed by atoms with Crippen LogP contribution < -0.4 is 0 Å². The van der Waals surface area contributed by atoms with Crippen LogP contribution in [0.5, 0.6) is 0 Å². The van der Waals surface area contributed by atoms with Gasteiger partial charge in [-0.25, -0.2) is 12.7 Å². The SMILES string of the molecule is CCS(=O)(=O)N1C[C@@H]2CN(C(C)=O)C[C@]2(C(=O)N2CCCC2)C1. The van der Waals surface area contributed by atoms with E-state index in [4.69, 9.17) is 0 Å². The molecule has 0 aromatic carbocycles. The number of nitrogens with zero attached hydrogens (tertiary/aromatic N) is 3. The van der Waals surface area contributed by atoms with Crippen LogP contribution in [0.3, 0.4) is 0 Å². The van der Waals surface area contributed by atoms with E-state index in [1.54, 1.807) is 11.8 Å². The standard InChI is InChI=1S/C15H25N3O4S/c1-3-23(21,22)18-9-13-8-17(12(2)19)10-15(13,11-18)14(20)16-6-4-5-7-16/h13H,3-11H2,1-2H3/t13-,15-/m0/s1. The maximum atomic E-state index is 13.1. The van der Waals surface area contributed by atoms with Gasteiger partial charge in [-0.15, -0.1) is 0 Å². The maximum Gasteiger partial charge on any atom is 0.232 e. The van der Waals surface area contributed by atoms with E-state index in [-0.39, 0.29) is 30.0 Å². The Morgan fingerprint density at radius 3 is 2.30 bits per heavy atom. The zero-order valence-corrected chi connectivity index (χ0v) is 14.6. The Bertz CT molecular complexity index is 614. The highest BCUT2D eigenvalue weighted by atomic mass is 32.2. The van der Waals surface area contributed by atoms with Crippen molar-refractivity contribution in [3.63, 3.8) is 0 Å². The number of carbonyl (C=O) groups excluding carboxylic acids is 2. The number of sulfonamides is 1. The summed E-state index contributed by atoms with van der Waals surface area (Å²) in [4.78, 5) is 28.5. The van der Waals surface area contributed by atoms with Gasteiger partial charge in [-0.3, -0.25) is 9.59 Å². The minimum absolute atomic E-state index is 0.0394. The molecular formula is C15H25N3O4S. The molecule has 0 radical (unpaired) electrons. The molecular weight excluding hydrogens is 318 g/mol. The summed E-state index contributed by atoms with van der Waals surface area (Å²) in [5.74, 6) is -0.0549. The Hall–Kier alpha value is -1.15. The Kier molecular flexibility index (Phi) is 4.16. The molecule has 0 aromatic rings. The van der Waals surface area contributed by atoms with Crippen LogP contribution in [0.2, 0.25) is 0 Å². The zero-order chi connectivity index (χ0) is 16.8. The third-order valence-corrected chi connectivity index (χ3v) is 7.40. The Morgan fingerprint density at radius 2 is 1.74 bits per heavy atom. The largest absolute Gasteiger partial charge is 0.342 e. The van der Waals surface area contributed by atoms with E-state index < -0.39 is 15.4 Å². The summed E-state index contributed by atoms with van der Waals surface area (Å²) < 4.78 is 26.0. The number of carbonyl (C=O) groups is 2. The Balaban J connectivity index is 1.90. The van der Waals surface area contributed by atoms with Crippen LogP contribution in [0.4, 0.5) is 0 Å². The number of hydrogen-bond acceptors (Lipinski definition) is 4. The van der Waals surface area contributed by atoms with Crippen LogP contribution in [0.1, 0.15) is 26.7 Å². The normalized spacial score (nSPS) is 31.7. The summed E-state index contributed by atoms with van der Waals surface area (Å²) in [5.41, 5.74) is -0.752. The van der Waals surface area contributed by atoms with Gasteiger partial charge in [-0.1, -0.05) is 0 Å². The van der Waals surface area contributed by atoms with E-state index >= 15 is 0 Å². The van der Waals surface area contributed by atoms with E-state index in [1.807, 2.05) is 4.90 Å². The lowest BCUT2D eigenvalue weighted by atomic mass is 9.79. The molecule has 3 heterocycles. The highest BCUT2D eigenvalue weighted by Crippen LogP contribution is 2.45. The van der Waals surface area contributed by atoms with Crippen LogP contribution in [0.25, 0.3) is 0 Å². The second kappa shape index (κ2) is 5.73. The summed E-state index contributed by atoms with van der Waals surface area (Å²) in [7, 11) is -3.31. The molecule has 0 spiro atoms. The molecule has 0 saturated carbocycles. The first kappa shape index (κ1) is 16.7. The van der Waals surface area contributed by atoms with Crippen LogP contribution in [0.15, 0.2) is 0 Å². The smallest absolute Gasteiger partial charge is 0.232 e. The van der Waals surface area contributed by atoms with Crippen molar-refractivity contribution in [2.75, 3.05) is 45.0 Å². The fraction of sp³-hybridized carbons (Fsp3) is 0.867. The summed E-state index contributed by atoms with van der Waals surface area (Å²) >= 11 is 0. The molecule has 7 nitrogen and oxygen atoms in total. The van der Waals surface area contributed by atoms with Crippen LogP contribution in [-0.2, 0) is 19.6 Å². The average Bonchev–Trinajstić information content (AvgIpc) is 3.20. The van der Waals surface area contributed by atoms with Crippen molar-refractivity contribution in [2.45, 2.75) is 26.7 Å². The first-order chi connectivity index (χ1) is 10.8. The molecule has 3 rings (SSSR count). The molecule has 0 aromatic heterocycles. The van der Waals surface area contributed by atoms with Gasteiger partial charge in [-0.05, 0) is 19.8 Å². The first-order valence-corrected chi connectivity index (χ1v) is 9.94. The molecule has 3 aliphatic heterocycles. The molecule has 2 atom stereocenters. The molecule has 3 aliphatic rings. The molecule has 23 heavy (non-hydrogen) atoms. The predicted molar refractivity (Wildman–Crippen MR) is 85.0 cm³/mol. The van der Waals surface area contributed by atoms with Crippen LogP contribution in [-0.4, -0.2) is 79.4 Å². The maximum absolute atomic E-state index is 13.1. The number of amides is 2. The zero-order valence-electron chi connectivity index (χ0n) is 13.8. The minimum Gasteiger partial charge on any atom is -0.342 e. The van der Waals surface area contributed by atoms with E-state index in [9.17, 15) is 18.0 Å². The lowest BCUT2D eigenvalue weighted by Crippen LogP contribution is -2.49. The highest BCUT2D eigenvalue weighted by molar-refractivity contribution is 7.89. The Labute approximate surface area is 137 Å². The predicted octanol–water partition coefficient (Wildman–Crippen LogP) is -0.261. The van der Waals surface area contributed by atoms with Crippen LogP contribution in [0, 0.1) is 11.3 Å². The molecule has 3 fully saturated rings. The van der Waals surface area contributed by atoms with Crippen molar-refractivity contribution in [3.8, 4) is 0 Å². The van der Waals surface area contributed by atoms with Gasteiger partial charge in [0.2, 0.25) is 21.8 Å². The van der Waals surface area contributed by atoms with Crippen molar-refractivity contribution < 1.29 is 18.0 Å². The number of fused-ring (bicyclic) bond motifs is 1. The van der Waals surface area contributed by atoms with Gasteiger partial charge in [0.15, 0.2) is 0 Å². The molecule has 130 valence electrons. The number of rotatable bonds is 3. The monoisotopic (exact) mass is 343 g/mol. The van der Waals surface area contributed by atoms with Gasteiger partial charge in [0.25, 0.3) is 0 Å².